The van der Waals surface area contributed by atoms with Crippen LogP contribution in [0.15, 0.2) is 48.5 Å². The topological polar surface area (TPSA) is 221 Å². The van der Waals surface area contributed by atoms with E-state index >= 15 is 0 Å². The number of hydrogen-bond donors (Lipinski definition) is 5. The predicted molar refractivity (Wildman–Crippen MR) is 212 cm³/mol. The van der Waals surface area contributed by atoms with Crippen molar-refractivity contribution in [3.63, 3.8) is 0 Å². The number of aliphatic hydroxyl groups excluding tert-OH is 3. The minimum absolute atomic E-state index is 0.0202. The molecule has 0 aromatic heterocycles. The summed E-state index contributed by atoms with van der Waals surface area (Å²) in [7, 11) is 0. The Hall–Kier alpha value is -4.73. The lowest BCUT2D eigenvalue weighted by Crippen LogP contribution is -2.54. The van der Waals surface area contributed by atoms with E-state index in [0.29, 0.717) is 44.9 Å². The van der Waals surface area contributed by atoms with Crippen LogP contribution in [0.25, 0.3) is 11.1 Å². The molecular weight excluding hydrogens is 752 g/mol. The number of likely N-dealkylation sites (tertiary alicyclic amines) is 2. The Labute approximate surface area is 339 Å². The normalized spacial score (nSPS) is 24.4. The number of carboxylic acid groups (broad SMARTS) is 2. The zero-order valence-corrected chi connectivity index (χ0v) is 34.3. The van der Waals surface area contributed by atoms with E-state index in [4.69, 9.17) is 24.4 Å². The van der Waals surface area contributed by atoms with E-state index in [0.717, 1.165) is 27.2 Å². The second-order valence-electron chi connectivity index (χ2n) is 17.3. The highest BCUT2D eigenvalue weighted by Gasteiger charge is 2.40. The summed E-state index contributed by atoms with van der Waals surface area (Å²) in [4.78, 5) is 61.3. The maximum atomic E-state index is 12.6. The van der Waals surface area contributed by atoms with E-state index < -0.39 is 65.6 Å². The number of piperidine rings is 2. The maximum Gasteiger partial charge on any atom is 0.411 e. The summed E-state index contributed by atoms with van der Waals surface area (Å²) in [6.07, 6.45) is 1.08. The number of amides is 2. The molecule has 320 valence electrons. The molecular formula is C43H60N2O13. The molecule has 15 nitrogen and oxygen atoms in total. The van der Waals surface area contributed by atoms with E-state index in [1.807, 2.05) is 36.4 Å². The average molecular weight is 813 g/mol. The van der Waals surface area contributed by atoms with Gasteiger partial charge in [-0.05, 0) is 115 Å². The number of carboxylic acids is 2. The molecule has 3 fully saturated rings. The average Bonchev–Trinajstić information content (AvgIpc) is 3.46. The third-order valence-corrected chi connectivity index (χ3v) is 10.3. The van der Waals surface area contributed by atoms with Crippen molar-refractivity contribution < 1.29 is 63.7 Å². The number of fused-ring (bicyclic) bond motifs is 3. The van der Waals surface area contributed by atoms with E-state index in [1.54, 1.807) is 41.5 Å². The molecule has 2 saturated heterocycles. The van der Waals surface area contributed by atoms with Crippen molar-refractivity contribution in [2.24, 2.45) is 5.92 Å². The first-order valence-corrected chi connectivity index (χ1v) is 20.0. The van der Waals surface area contributed by atoms with Crippen LogP contribution < -0.4 is 0 Å². The van der Waals surface area contributed by atoms with Crippen LogP contribution in [0.4, 0.5) is 9.59 Å². The number of carbonyl (C=O) groups is 5. The summed E-state index contributed by atoms with van der Waals surface area (Å²) in [6.45, 7) is 10.8. The fraction of sp³-hybridized carbons (Fsp3) is 0.605. The molecule has 0 spiro atoms. The molecule has 2 aromatic carbocycles. The van der Waals surface area contributed by atoms with Gasteiger partial charge >= 0.3 is 30.1 Å². The zero-order valence-electron chi connectivity index (χ0n) is 34.3. The van der Waals surface area contributed by atoms with E-state index in [2.05, 4.69) is 12.1 Å². The van der Waals surface area contributed by atoms with Crippen LogP contribution in [0.2, 0.25) is 0 Å². The third-order valence-electron chi connectivity index (χ3n) is 10.3. The lowest BCUT2D eigenvalue weighted by Gasteiger charge is -2.38. The molecule has 58 heavy (non-hydrogen) atoms. The van der Waals surface area contributed by atoms with Crippen molar-refractivity contribution >= 4 is 30.1 Å². The van der Waals surface area contributed by atoms with Gasteiger partial charge in [0.1, 0.15) is 29.9 Å². The molecule has 2 aliphatic heterocycles. The first-order chi connectivity index (χ1) is 27.1. The molecule has 6 rings (SSSR count). The summed E-state index contributed by atoms with van der Waals surface area (Å²) in [6, 6.07) is 14.4. The van der Waals surface area contributed by atoms with Gasteiger partial charge in [-0.25, -0.2) is 19.2 Å². The summed E-state index contributed by atoms with van der Waals surface area (Å²) in [5, 5.41) is 46.5. The number of esters is 1. The van der Waals surface area contributed by atoms with Gasteiger partial charge in [0.05, 0.1) is 37.3 Å². The molecule has 2 aromatic rings. The van der Waals surface area contributed by atoms with E-state index in [9.17, 15) is 39.3 Å². The number of rotatable bonds is 5. The van der Waals surface area contributed by atoms with Gasteiger partial charge in [0.25, 0.3) is 0 Å². The van der Waals surface area contributed by atoms with Gasteiger partial charge in [0.2, 0.25) is 0 Å². The summed E-state index contributed by atoms with van der Waals surface area (Å²) in [5.41, 5.74) is 3.18. The van der Waals surface area contributed by atoms with Gasteiger partial charge in [-0.3, -0.25) is 14.6 Å². The number of aliphatic hydroxyl groups is 3. The molecule has 0 radical (unpaired) electrons. The smallest absolute Gasteiger partial charge is 0.411 e. The number of benzene rings is 2. The Kier molecular flexibility index (Phi) is 15.7. The summed E-state index contributed by atoms with van der Waals surface area (Å²) in [5.74, 6) is -2.54. The first kappa shape index (κ1) is 46.0. The molecule has 0 unspecified atom stereocenters. The molecule has 2 amide bonds. The predicted octanol–water partition coefficient (Wildman–Crippen LogP) is 5.56. The van der Waals surface area contributed by atoms with Crippen LogP contribution in [0, 0.1) is 5.92 Å². The second-order valence-corrected chi connectivity index (χ2v) is 17.3. The van der Waals surface area contributed by atoms with Crippen molar-refractivity contribution in [3.8, 4) is 11.1 Å². The molecule has 0 bridgehead atoms. The van der Waals surface area contributed by atoms with Crippen LogP contribution in [-0.4, -0.2) is 127 Å². The Morgan fingerprint density at radius 1 is 0.586 bits per heavy atom. The standard InChI is InChI=1S/C21H21NO5.C15H27NO5.C7H12O3/c23-13-9-10-19(20(24)25)22(11-13)21(26)27-12-18-16-7-3-1-5-14(16)15-6-2-4-8-17(15)18;1-14(2,3)20-12(18)11-8-7-10(17)9-16(11)13(19)21-15(4,5)6;8-6-3-1-5(2-4-6)7(9)10/h1-8,13,18-19,23H,9-12H2,(H,24,25);10-11,17H,7-9H2,1-6H3;5-6,8H,1-4H2,(H,9,10)/t13-,19-;10-,11-;/m00./s1. The van der Waals surface area contributed by atoms with Crippen LogP contribution in [0.5, 0.6) is 0 Å². The van der Waals surface area contributed by atoms with Gasteiger partial charge in [-0.1, -0.05) is 48.5 Å². The zero-order chi connectivity index (χ0) is 42.9. The number of hydrogen-bond acceptors (Lipinski definition) is 11. The van der Waals surface area contributed by atoms with Crippen molar-refractivity contribution in [1.29, 1.82) is 0 Å². The van der Waals surface area contributed by atoms with Crippen molar-refractivity contribution in [2.45, 2.75) is 140 Å². The van der Waals surface area contributed by atoms with Gasteiger partial charge in [-0.2, -0.15) is 0 Å². The summed E-state index contributed by atoms with van der Waals surface area (Å²) >= 11 is 0. The van der Waals surface area contributed by atoms with Crippen LogP contribution in [0.1, 0.15) is 110 Å². The largest absolute Gasteiger partial charge is 0.481 e. The monoisotopic (exact) mass is 812 g/mol. The molecule has 15 heteroatoms. The number of aliphatic carboxylic acids is 2. The Balaban J connectivity index is 0.000000213. The molecule has 5 N–H and O–H groups in total. The second kappa shape index (κ2) is 19.8. The molecule has 2 aliphatic carbocycles. The van der Waals surface area contributed by atoms with Crippen LogP contribution in [-0.2, 0) is 28.6 Å². The van der Waals surface area contributed by atoms with E-state index in [-0.39, 0.29) is 44.1 Å². The van der Waals surface area contributed by atoms with E-state index in [1.165, 1.54) is 4.90 Å². The Morgan fingerprint density at radius 2 is 1.03 bits per heavy atom. The Bertz CT molecular complexity index is 1700. The molecule has 4 atom stereocenters. The molecule has 2 heterocycles. The lowest BCUT2D eigenvalue weighted by molar-refractivity contribution is -0.163. The number of carbonyl (C=O) groups excluding carboxylic acids is 3. The van der Waals surface area contributed by atoms with Crippen LogP contribution in [0.3, 0.4) is 0 Å². The highest BCUT2D eigenvalue weighted by atomic mass is 16.6. The van der Waals surface area contributed by atoms with Gasteiger partial charge in [-0.15, -0.1) is 0 Å². The lowest BCUT2D eigenvalue weighted by atomic mass is 9.88. The maximum absolute atomic E-state index is 12.6. The van der Waals surface area contributed by atoms with Crippen molar-refractivity contribution in [2.75, 3.05) is 19.7 Å². The van der Waals surface area contributed by atoms with Gasteiger partial charge in [0.15, 0.2) is 0 Å². The van der Waals surface area contributed by atoms with Crippen LogP contribution >= 0.6 is 0 Å². The molecule has 1 saturated carbocycles. The first-order valence-electron chi connectivity index (χ1n) is 20.0. The SMILES string of the molecule is CC(C)(C)OC(=O)[C@@H]1CC[C@H](O)CN1C(=O)OC(C)(C)C.O=C(O)C1CCC(O)CC1.O=C(O)[C@@H]1CC[C@H](O)CN1C(=O)OCC1c2ccccc2-c2ccccc21. The Morgan fingerprint density at radius 3 is 1.50 bits per heavy atom. The fourth-order valence-electron chi connectivity index (χ4n) is 7.50. The third kappa shape index (κ3) is 12.9. The molecule has 4 aliphatic rings. The van der Waals surface area contributed by atoms with Crippen molar-refractivity contribution in [3.05, 3.63) is 59.7 Å². The van der Waals surface area contributed by atoms with Gasteiger partial charge in [0, 0.05) is 5.92 Å². The van der Waals surface area contributed by atoms with Crippen molar-refractivity contribution in [1.82, 2.24) is 9.80 Å². The minimum Gasteiger partial charge on any atom is -0.481 e. The van der Waals surface area contributed by atoms with Gasteiger partial charge < -0.3 is 39.7 Å². The highest BCUT2D eigenvalue weighted by Crippen LogP contribution is 2.44. The highest BCUT2D eigenvalue weighted by molar-refractivity contribution is 5.83. The number of ether oxygens (including phenoxy) is 3. The quantitative estimate of drug-likeness (QED) is 0.185. The number of β-amino-alcohol motifs (C(OH)–C–C–N with tert-alkyl or cyclic N) is 2. The fourth-order valence-corrected chi connectivity index (χ4v) is 7.50. The summed E-state index contributed by atoms with van der Waals surface area (Å²) < 4.78 is 16.2. The minimum atomic E-state index is -1.07. The number of nitrogens with zero attached hydrogens (tertiary/aromatic N) is 2.